The van der Waals surface area contributed by atoms with Crippen LogP contribution in [0.15, 0.2) is 6.07 Å². The second-order valence-electron chi connectivity index (χ2n) is 3.63. The number of alkyl halides is 5. The van der Waals surface area contributed by atoms with Gasteiger partial charge < -0.3 is 9.47 Å². The molecule has 1 rings (SSSR count). The second kappa shape index (κ2) is 6.02. The minimum Gasteiger partial charge on any atom is -0.494 e. The summed E-state index contributed by atoms with van der Waals surface area (Å²) in [5.74, 6) is -1.95. The molecule has 20 heavy (non-hydrogen) atoms. The van der Waals surface area contributed by atoms with Crippen LogP contribution in [0.5, 0.6) is 5.75 Å². The maximum atomic E-state index is 12.8. The Kier molecular flexibility index (Phi) is 4.85. The zero-order valence-electron chi connectivity index (χ0n) is 10.4. The molecule has 0 aromatic carbocycles. The Hall–Kier alpha value is -1.93. The molecule has 0 bridgehead atoms. The second-order valence-corrected chi connectivity index (χ2v) is 3.63. The molecule has 1 aromatic rings. The molecule has 0 N–H and O–H groups in total. The molecule has 0 radical (unpaired) electrons. The molecule has 1 aromatic heterocycles. The summed E-state index contributed by atoms with van der Waals surface area (Å²) < 4.78 is 72.6. The number of carbonyl (C=O) groups excluding carboxylic acids is 1. The van der Waals surface area contributed by atoms with E-state index in [0.717, 1.165) is 14.2 Å². The van der Waals surface area contributed by atoms with E-state index < -0.39 is 47.7 Å². The molecule has 0 spiro atoms. The summed E-state index contributed by atoms with van der Waals surface area (Å²) in [7, 11) is 1.85. The fourth-order valence-electron chi connectivity index (χ4n) is 1.49. The van der Waals surface area contributed by atoms with Crippen molar-refractivity contribution in [2.75, 3.05) is 14.2 Å². The van der Waals surface area contributed by atoms with E-state index in [1.807, 2.05) is 0 Å². The minimum absolute atomic E-state index is 0.472. The third-order valence-corrected chi connectivity index (χ3v) is 2.32. The monoisotopic (exact) mass is 299 g/mol. The van der Waals surface area contributed by atoms with Gasteiger partial charge >= 0.3 is 12.1 Å². The Balaban J connectivity index is 3.44. The van der Waals surface area contributed by atoms with E-state index in [4.69, 9.17) is 0 Å². The van der Waals surface area contributed by atoms with Gasteiger partial charge in [0.15, 0.2) is 5.75 Å². The third kappa shape index (κ3) is 3.55. The average molecular weight is 299 g/mol. The number of ether oxygens (including phenoxy) is 2. The van der Waals surface area contributed by atoms with E-state index in [1.54, 1.807) is 0 Å². The first-order chi connectivity index (χ1) is 9.20. The van der Waals surface area contributed by atoms with E-state index in [2.05, 4.69) is 14.5 Å². The summed E-state index contributed by atoms with van der Waals surface area (Å²) in [4.78, 5) is 14.3. The zero-order chi connectivity index (χ0) is 15.5. The Morgan fingerprint density at radius 2 is 1.95 bits per heavy atom. The quantitative estimate of drug-likeness (QED) is 0.633. The molecular weight excluding hydrogens is 289 g/mol. The number of carbonyl (C=O) groups is 1. The van der Waals surface area contributed by atoms with Crippen molar-refractivity contribution in [3.63, 3.8) is 0 Å². The van der Waals surface area contributed by atoms with Crippen LogP contribution in [0.1, 0.15) is 23.4 Å². The standard InChI is InChI=1S/C11H10F5NO3/c1-19-7(18)4-5-3-6(11(14,15)16)9(20-2)8(17-5)10(12)13/h3,10H,4H2,1-2H3. The van der Waals surface area contributed by atoms with Crippen LogP contribution in [0, 0.1) is 0 Å². The summed E-state index contributed by atoms with van der Waals surface area (Å²) in [6.45, 7) is 0. The van der Waals surface area contributed by atoms with Gasteiger partial charge in [0.2, 0.25) is 0 Å². The molecule has 0 aliphatic carbocycles. The topological polar surface area (TPSA) is 48.4 Å². The lowest BCUT2D eigenvalue weighted by atomic mass is 10.1. The van der Waals surface area contributed by atoms with E-state index in [0.29, 0.717) is 6.07 Å². The number of hydrogen-bond acceptors (Lipinski definition) is 4. The van der Waals surface area contributed by atoms with Crippen molar-refractivity contribution >= 4 is 5.97 Å². The first-order valence-corrected chi connectivity index (χ1v) is 5.20. The average Bonchev–Trinajstić information content (AvgIpc) is 2.36. The smallest absolute Gasteiger partial charge is 0.420 e. The van der Waals surface area contributed by atoms with Crippen molar-refractivity contribution < 1.29 is 36.2 Å². The summed E-state index contributed by atoms with van der Waals surface area (Å²) in [5, 5.41) is 0. The van der Waals surface area contributed by atoms with E-state index in [9.17, 15) is 26.7 Å². The van der Waals surface area contributed by atoms with Gasteiger partial charge in [0.05, 0.1) is 26.3 Å². The fraction of sp³-hybridized carbons (Fsp3) is 0.455. The molecule has 0 fully saturated rings. The summed E-state index contributed by atoms with van der Waals surface area (Å²) >= 11 is 0. The highest BCUT2D eigenvalue weighted by Crippen LogP contribution is 2.40. The number of methoxy groups -OCH3 is 2. The molecule has 4 nitrogen and oxygen atoms in total. The van der Waals surface area contributed by atoms with Crippen molar-refractivity contribution in [1.29, 1.82) is 0 Å². The number of esters is 1. The normalized spacial score (nSPS) is 11.6. The van der Waals surface area contributed by atoms with Gasteiger partial charge in [0, 0.05) is 0 Å². The van der Waals surface area contributed by atoms with Gasteiger partial charge in [-0.05, 0) is 6.07 Å². The highest BCUT2D eigenvalue weighted by atomic mass is 19.4. The van der Waals surface area contributed by atoms with Gasteiger partial charge in [-0.1, -0.05) is 0 Å². The van der Waals surface area contributed by atoms with Gasteiger partial charge in [-0.15, -0.1) is 0 Å². The molecule has 1 heterocycles. The van der Waals surface area contributed by atoms with Crippen molar-refractivity contribution in [1.82, 2.24) is 4.98 Å². The Labute approximate surface area is 110 Å². The van der Waals surface area contributed by atoms with Crippen LogP contribution in [-0.2, 0) is 22.1 Å². The lowest BCUT2D eigenvalue weighted by Crippen LogP contribution is -2.14. The van der Waals surface area contributed by atoms with Crippen molar-refractivity contribution in [2.45, 2.75) is 19.0 Å². The van der Waals surface area contributed by atoms with Crippen molar-refractivity contribution in [2.24, 2.45) is 0 Å². The maximum Gasteiger partial charge on any atom is 0.420 e. The molecule has 9 heteroatoms. The molecule has 0 saturated heterocycles. The summed E-state index contributed by atoms with van der Waals surface area (Å²) in [5.41, 5.74) is -3.05. The Morgan fingerprint density at radius 3 is 2.35 bits per heavy atom. The molecule has 0 unspecified atom stereocenters. The first kappa shape index (κ1) is 16.1. The number of pyridine rings is 1. The van der Waals surface area contributed by atoms with Gasteiger partial charge in [0.25, 0.3) is 6.43 Å². The molecule has 0 atom stereocenters. The SMILES string of the molecule is COC(=O)Cc1cc(C(F)(F)F)c(OC)c(C(F)F)n1. The van der Waals surface area contributed by atoms with E-state index >= 15 is 0 Å². The largest absolute Gasteiger partial charge is 0.494 e. The van der Waals surface area contributed by atoms with Crippen molar-refractivity contribution in [3.8, 4) is 5.75 Å². The number of rotatable bonds is 4. The predicted molar refractivity (Wildman–Crippen MR) is 56.5 cm³/mol. The number of nitrogens with zero attached hydrogens (tertiary/aromatic N) is 1. The number of halogens is 5. The lowest BCUT2D eigenvalue weighted by molar-refractivity contribution is -0.141. The van der Waals surface area contributed by atoms with E-state index in [1.165, 1.54) is 0 Å². The van der Waals surface area contributed by atoms with Gasteiger partial charge in [-0.25, -0.2) is 13.8 Å². The summed E-state index contributed by atoms with van der Waals surface area (Å²) in [6.07, 6.45) is -8.84. The van der Waals surface area contributed by atoms with Crippen LogP contribution in [0.4, 0.5) is 22.0 Å². The van der Waals surface area contributed by atoms with Crippen LogP contribution in [0.2, 0.25) is 0 Å². The van der Waals surface area contributed by atoms with Gasteiger partial charge in [-0.2, -0.15) is 13.2 Å². The summed E-state index contributed by atoms with van der Waals surface area (Å²) in [6, 6.07) is 0.488. The number of hydrogen-bond donors (Lipinski definition) is 0. The molecular formula is C11H10F5NO3. The zero-order valence-corrected chi connectivity index (χ0v) is 10.4. The van der Waals surface area contributed by atoms with E-state index in [-0.39, 0.29) is 0 Å². The first-order valence-electron chi connectivity index (χ1n) is 5.20. The fourth-order valence-corrected chi connectivity index (χ4v) is 1.49. The Bertz CT molecular complexity index is 502. The molecule has 0 aliphatic heterocycles. The predicted octanol–water partition coefficient (Wildman–Crippen LogP) is 2.76. The van der Waals surface area contributed by atoms with Crippen LogP contribution in [-0.4, -0.2) is 25.2 Å². The third-order valence-electron chi connectivity index (χ3n) is 2.32. The molecule has 0 aliphatic rings. The van der Waals surface area contributed by atoms with Crippen LogP contribution in [0.3, 0.4) is 0 Å². The Morgan fingerprint density at radius 1 is 1.35 bits per heavy atom. The molecule has 0 saturated carbocycles. The highest BCUT2D eigenvalue weighted by Gasteiger charge is 2.38. The van der Waals surface area contributed by atoms with Crippen molar-refractivity contribution in [3.05, 3.63) is 23.0 Å². The highest BCUT2D eigenvalue weighted by molar-refractivity contribution is 5.72. The van der Waals surface area contributed by atoms with Gasteiger partial charge in [-0.3, -0.25) is 4.79 Å². The molecule has 112 valence electrons. The minimum atomic E-state index is -4.91. The van der Waals surface area contributed by atoms with Crippen LogP contribution >= 0.6 is 0 Å². The van der Waals surface area contributed by atoms with Crippen LogP contribution < -0.4 is 4.74 Å². The van der Waals surface area contributed by atoms with Gasteiger partial charge in [0.1, 0.15) is 11.3 Å². The van der Waals surface area contributed by atoms with Crippen LogP contribution in [0.25, 0.3) is 0 Å². The molecule has 0 amide bonds. The number of aromatic nitrogens is 1. The lowest BCUT2D eigenvalue weighted by Gasteiger charge is -2.16. The maximum absolute atomic E-state index is 12.8.